The molecule has 1 fully saturated rings. The fourth-order valence-corrected chi connectivity index (χ4v) is 5.82. The van der Waals surface area contributed by atoms with Crippen LogP contribution in [0.2, 0.25) is 5.02 Å². The molecular weight excluding hydrogens is 406 g/mol. The van der Waals surface area contributed by atoms with E-state index in [1.165, 1.54) is 20.2 Å². The minimum Gasteiger partial charge on any atom is -0.334 e. The lowest BCUT2D eigenvalue weighted by molar-refractivity contribution is -0.895. The highest BCUT2D eigenvalue weighted by molar-refractivity contribution is 7.18. The largest absolute Gasteiger partial charge is 0.334 e. The lowest BCUT2D eigenvalue weighted by Crippen LogP contribution is -3.12. The summed E-state index contributed by atoms with van der Waals surface area (Å²) in [6.07, 6.45) is 0.940. The van der Waals surface area contributed by atoms with Crippen molar-refractivity contribution in [1.82, 2.24) is 9.55 Å². The number of piperazine rings is 1. The zero-order valence-corrected chi connectivity index (χ0v) is 18.4. The Morgan fingerprint density at radius 2 is 1.79 bits per heavy atom. The maximum Gasteiger partial charge on any atom is 0.268 e. The molecule has 1 aromatic carbocycles. The molecule has 2 aliphatic rings. The first-order valence-corrected chi connectivity index (χ1v) is 11.4. The molecule has 0 aliphatic carbocycles. The Balaban J connectivity index is 1.74. The van der Waals surface area contributed by atoms with Crippen LogP contribution >= 0.6 is 22.9 Å². The summed E-state index contributed by atoms with van der Waals surface area (Å²) in [5.74, 6) is 0.761. The van der Waals surface area contributed by atoms with E-state index >= 15 is 0 Å². The first-order chi connectivity index (χ1) is 14.0. The number of halogens is 1. The number of nitrogens with one attached hydrogen (secondary N) is 2. The summed E-state index contributed by atoms with van der Waals surface area (Å²) in [5.41, 5.74) is 2.09. The van der Waals surface area contributed by atoms with E-state index in [0.717, 1.165) is 67.5 Å². The summed E-state index contributed by atoms with van der Waals surface area (Å²) in [5, 5.41) is 1.48. The van der Waals surface area contributed by atoms with Gasteiger partial charge in [0, 0.05) is 11.4 Å². The number of anilines is 1. The van der Waals surface area contributed by atoms with E-state index in [2.05, 4.69) is 19.0 Å². The highest BCUT2D eigenvalue weighted by atomic mass is 35.5. The third-order valence-corrected chi connectivity index (χ3v) is 7.52. The average molecular weight is 432 g/mol. The zero-order valence-electron chi connectivity index (χ0n) is 16.8. The van der Waals surface area contributed by atoms with E-state index < -0.39 is 0 Å². The molecule has 0 bridgehead atoms. The number of aromatic nitrogens is 2. The summed E-state index contributed by atoms with van der Waals surface area (Å²) in [4.78, 5) is 26.4. The SMILES string of the molecule is C[NH+]1CCN(c2nc3sc4c(c3c(=O)n2-c2ccc(Cl)cc2)CC[NH+](C)C4)CC1. The van der Waals surface area contributed by atoms with Crippen molar-refractivity contribution >= 4 is 39.1 Å². The van der Waals surface area contributed by atoms with E-state index in [-0.39, 0.29) is 5.56 Å². The smallest absolute Gasteiger partial charge is 0.268 e. The van der Waals surface area contributed by atoms with Crippen LogP contribution in [0.3, 0.4) is 0 Å². The molecular formula is C21H26ClN5OS+2. The van der Waals surface area contributed by atoms with Gasteiger partial charge in [0.1, 0.15) is 11.4 Å². The monoisotopic (exact) mass is 431 g/mol. The standard InChI is InChI=1S/C21H24ClN5OS/c1-24-9-11-26(12-10-24)21-23-19-18(16-7-8-25(2)13-17(16)29-19)20(28)27(21)15-5-3-14(22)4-6-15/h3-6H,7-13H2,1-2H3/p+2. The number of benzene rings is 1. The van der Waals surface area contributed by atoms with Crippen LogP contribution in [-0.2, 0) is 13.0 Å². The van der Waals surface area contributed by atoms with Crippen molar-refractivity contribution in [2.45, 2.75) is 13.0 Å². The molecule has 0 saturated carbocycles. The van der Waals surface area contributed by atoms with Crippen LogP contribution in [0, 0.1) is 0 Å². The van der Waals surface area contributed by atoms with Crippen LogP contribution in [0.25, 0.3) is 15.9 Å². The van der Waals surface area contributed by atoms with Gasteiger partial charge in [0.05, 0.1) is 62.8 Å². The first kappa shape index (κ1) is 19.1. The van der Waals surface area contributed by atoms with Crippen molar-refractivity contribution in [3.05, 3.63) is 50.1 Å². The van der Waals surface area contributed by atoms with Crippen molar-refractivity contribution in [1.29, 1.82) is 0 Å². The first-order valence-electron chi connectivity index (χ1n) is 10.2. The molecule has 152 valence electrons. The molecule has 8 heteroatoms. The molecule has 0 amide bonds. The van der Waals surface area contributed by atoms with E-state index in [1.54, 1.807) is 15.9 Å². The molecule has 0 radical (unpaired) electrons. The molecule has 2 aliphatic heterocycles. The van der Waals surface area contributed by atoms with Gasteiger partial charge in [-0.25, -0.2) is 9.55 Å². The van der Waals surface area contributed by atoms with Crippen LogP contribution in [-0.4, -0.2) is 56.4 Å². The normalized spacial score (nSPS) is 20.2. The van der Waals surface area contributed by atoms with Crippen LogP contribution in [0.1, 0.15) is 10.4 Å². The number of likely N-dealkylation sites (N-methyl/N-ethyl adjacent to an activating group) is 2. The van der Waals surface area contributed by atoms with Gasteiger partial charge < -0.3 is 14.7 Å². The topological polar surface area (TPSA) is 47.0 Å². The van der Waals surface area contributed by atoms with E-state index in [9.17, 15) is 4.79 Å². The minimum atomic E-state index is 0.0515. The van der Waals surface area contributed by atoms with E-state index in [0.29, 0.717) is 5.02 Å². The van der Waals surface area contributed by atoms with Crippen molar-refractivity contribution in [3.8, 4) is 5.69 Å². The van der Waals surface area contributed by atoms with Gasteiger partial charge in [-0.3, -0.25) is 4.79 Å². The highest BCUT2D eigenvalue weighted by Gasteiger charge is 2.28. The molecule has 0 spiro atoms. The molecule has 5 rings (SSSR count). The minimum absolute atomic E-state index is 0.0515. The van der Waals surface area contributed by atoms with Gasteiger partial charge >= 0.3 is 0 Å². The van der Waals surface area contributed by atoms with Gasteiger partial charge in [0.25, 0.3) is 5.56 Å². The zero-order chi connectivity index (χ0) is 20.1. The van der Waals surface area contributed by atoms with Crippen molar-refractivity contribution in [3.63, 3.8) is 0 Å². The summed E-state index contributed by atoms with van der Waals surface area (Å²) < 4.78 is 1.80. The average Bonchev–Trinajstić information content (AvgIpc) is 3.07. The van der Waals surface area contributed by atoms with E-state index in [4.69, 9.17) is 16.6 Å². The van der Waals surface area contributed by atoms with Crippen LogP contribution in [0.15, 0.2) is 29.1 Å². The fourth-order valence-electron chi connectivity index (χ4n) is 4.37. The second-order valence-corrected chi connectivity index (χ2v) is 9.81. The second kappa shape index (κ2) is 7.40. The number of quaternary nitrogens is 2. The van der Waals surface area contributed by atoms with Crippen molar-refractivity contribution < 1.29 is 9.80 Å². The molecule has 1 saturated heterocycles. The highest BCUT2D eigenvalue weighted by Crippen LogP contribution is 2.31. The van der Waals surface area contributed by atoms with Gasteiger partial charge in [-0.1, -0.05) is 11.6 Å². The Morgan fingerprint density at radius 1 is 1.07 bits per heavy atom. The predicted octanol–water partition coefficient (Wildman–Crippen LogP) is 0.00610. The summed E-state index contributed by atoms with van der Waals surface area (Å²) in [6.45, 7) is 5.92. The van der Waals surface area contributed by atoms with Gasteiger partial charge in [-0.2, -0.15) is 0 Å². The van der Waals surface area contributed by atoms with Gasteiger partial charge in [0.2, 0.25) is 5.95 Å². The molecule has 1 unspecified atom stereocenters. The summed E-state index contributed by atoms with van der Waals surface area (Å²) in [7, 11) is 4.43. The van der Waals surface area contributed by atoms with E-state index in [1.807, 2.05) is 24.3 Å². The maximum absolute atomic E-state index is 13.8. The number of hydrogen-bond acceptors (Lipinski definition) is 4. The number of fused-ring (bicyclic) bond motifs is 3. The molecule has 29 heavy (non-hydrogen) atoms. The van der Waals surface area contributed by atoms with Gasteiger partial charge in [-0.15, -0.1) is 11.3 Å². The van der Waals surface area contributed by atoms with Crippen LogP contribution in [0.4, 0.5) is 5.95 Å². The lowest BCUT2D eigenvalue weighted by Gasteiger charge is -2.32. The predicted molar refractivity (Wildman–Crippen MR) is 118 cm³/mol. The Kier molecular flexibility index (Phi) is 4.86. The lowest BCUT2D eigenvalue weighted by atomic mass is 10.1. The molecule has 2 aromatic heterocycles. The third kappa shape index (κ3) is 3.36. The number of rotatable bonds is 2. The van der Waals surface area contributed by atoms with Gasteiger partial charge in [-0.05, 0) is 29.8 Å². The van der Waals surface area contributed by atoms with Crippen molar-refractivity contribution in [2.75, 3.05) is 51.7 Å². The molecule has 2 N–H and O–H groups in total. The molecule has 4 heterocycles. The number of nitrogens with zero attached hydrogens (tertiary/aromatic N) is 3. The third-order valence-electron chi connectivity index (χ3n) is 6.14. The molecule has 1 atom stereocenters. The number of thiophene rings is 1. The van der Waals surface area contributed by atoms with Crippen LogP contribution < -0.4 is 20.3 Å². The number of hydrogen-bond donors (Lipinski definition) is 2. The molecule has 3 aromatic rings. The Bertz CT molecular complexity index is 1110. The maximum atomic E-state index is 13.8. The summed E-state index contributed by atoms with van der Waals surface area (Å²) in [6, 6.07) is 7.51. The van der Waals surface area contributed by atoms with Gasteiger partial charge in [0.15, 0.2) is 0 Å². The summed E-state index contributed by atoms with van der Waals surface area (Å²) >= 11 is 7.82. The van der Waals surface area contributed by atoms with Crippen molar-refractivity contribution in [2.24, 2.45) is 0 Å². The molecule has 6 nitrogen and oxygen atoms in total. The Labute approximate surface area is 178 Å². The Hall–Kier alpha value is -1.93. The van der Waals surface area contributed by atoms with Crippen LogP contribution in [0.5, 0.6) is 0 Å². The fraction of sp³-hybridized carbons (Fsp3) is 0.429. The Morgan fingerprint density at radius 3 is 2.52 bits per heavy atom. The second-order valence-electron chi connectivity index (χ2n) is 8.29. The quantitative estimate of drug-likeness (QED) is 0.600.